The first-order chi connectivity index (χ1) is 30.5. The third kappa shape index (κ3) is 15.8. The Kier molecular flexibility index (Phi) is 25.5. The fraction of sp³-hybridized carbons (Fsp3) is 0.250. The minimum Gasteiger partial charge on any atom is -1.00 e. The number of aliphatic hydroxyl groups is 1. The van der Waals surface area contributed by atoms with Crippen LogP contribution in [-0.4, -0.2) is 98.3 Å². The Labute approximate surface area is 507 Å². The summed E-state index contributed by atoms with van der Waals surface area (Å²) in [6.07, 6.45) is -0.0747. The molecule has 0 amide bonds. The molecule has 4 atom stereocenters. The number of hydrogen-bond acceptors (Lipinski definition) is 12. The third-order valence-electron chi connectivity index (χ3n) is 11.1. The van der Waals surface area contributed by atoms with E-state index in [2.05, 4.69) is 68.1 Å². The Bertz CT molecular complexity index is 2530. The van der Waals surface area contributed by atoms with Gasteiger partial charge in [-0.3, -0.25) is 14.4 Å². The summed E-state index contributed by atoms with van der Waals surface area (Å²) in [5.74, 6) is 1.32. The molecule has 16 heteroatoms. The Morgan fingerprint density at radius 3 is 1.50 bits per heavy atom. The van der Waals surface area contributed by atoms with Crippen molar-refractivity contribution in [2.24, 2.45) is 0 Å². The predicted octanol–water partition coefficient (Wildman–Crippen LogP) is 2.79. The van der Waals surface area contributed by atoms with Gasteiger partial charge in [0.15, 0.2) is 11.6 Å². The Morgan fingerprint density at radius 1 is 0.588 bits per heavy atom. The number of phenols is 3. The number of aromatic hydroxyl groups is 3. The first-order valence-corrected chi connectivity index (χ1v) is 20.7. The molecule has 0 saturated heterocycles. The maximum absolute atomic E-state index is 12.4. The largest absolute Gasteiger partial charge is 1.00 e. The molecule has 68 heavy (non-hydrogen) atoms. The van der Waals surface area contributed by atoms with Gasteiger partial charge in [0, 0.05) is 83.9 Å². The Hall–Kier alpha value is -2.81. The van der Waals surface area contributed by atoms with Gasteiger partial charge in [0.05, 0.1) is 24.5 Å². The zero-order valence-corrected chi connectivity index (χ0v) is 48.3. The van der Waals surface area contributed by atoms with Crippen LogP contribution in [0.3, 0.4) is 0 Å². The van der Waals surface area contributed by atoms with Crippen molar-refractivity contribution >= 4 is 77.8 Å². The number of Topliss-reactive ketones (excluding diaryl/α,β-unsaturated/α-hetero) is 2. The maximum Gasteiger partial charge on any atom is 1.00 e. The van der Waals surface area contributed by atoms with Crippen LogP contribution in [0.4, 0.5) is 0 Å². The number of phenolic OH excluding ortho intramolecular Hbond substituents is 3. The molecule has 6 aromatic rings. The average molecular weight is 981 g/mol. The monoisotopic (exact) mass is 980 g/mol. The molecule has 3 aliphatic rings. The minimum absolute atomic E-state index is 0. The van der Waals surface area contributed by atoms with Gasteiger partial charge in [-0.2, -0.15) is 0 Å². The van der Waals surface area contributed by atoms with Crippen molar-refractivity contribution in [3.05, 3.63) is 176 Å². The Morgan fingerprint density at radius 2 is 1.00 bits per heavy atom. The second-order valence-electron chi connectivity index (χ2n) is 16.2. The first kappa shape index (κ1) is 61.3. The number of ketones is 2. The normalized spacial score (nSPS) is 16.8. The van der Waals surface area contributed by atoms with E-state index in [1.165, 1.54) is 29.3 Å². The van der Waals surface area contributed by atoms with Gasteiger partial charge >= 0.3 is 80.9 Å². The second-order valence-corrected chi connectivity index (χ2v) is 16.2. The van der Waals surface area contributed by atoms with E-state index in [1.54, 1.807) is 12.1 Å². The van der Waals surface area contributed by atoms with Crippen LogP contribution in [-0.2, 0) is 9.68 Å². The fourth-order valence-corrected chi connectivity index (χ4v) is 8.08. The molecule has 0 aromatic heterocycles. The van der Waals surface area contributed by atoms with E-state index in [0.29, 0.717) is 12.8 Å². The summed E-state index contributed by atoms with van der Waals surface area (Å²) >= 11 is 0. The number of carbonyl (C=O) groups is 3. The van der Waals surface area contributed by atoms with Crippen molar-refractivity contribution in [3.8, 4) is 34.5 Å². The van der Waals surface area contributed by atoms with Gasteiger partial charge in [-0.25, -0.2) is 0 Å². The van der Waals surface area contributed by atoms with Crippen LogP contribution in [0.1, 0.15) is 121 Å². The van der Waals surface area contributed by atoms with E-state index in [9.17, 15) is 30.0 Å². The number of ether oxygens (including phenoxy) is 3. The van der Waals surface area contributed by atoms with E-state index in [-0.39, 0.29) is 207 Å². The standard InChI is InChI=1S/C18H20O2.C18H18O2.C15H12O5.CH2O3.B.2K.Na.H/c2*1-11-4-6-14(7-5-11)16-10-15(19)18-13(3)8-12(2)9-17(18)20-16;16-9-3-1-8(2-4-9)13-7-12(19)15-11(18)5-10(17)6-14(15)20-13;2-1-4-3;;;;;/h4-9,15-16,19H,10H2,1-3H3;4-9,16H,10H2,1-3H3;1-6,13,16-18H,7H2;1,3H;;;;;/q;;;;;;2*+1;-1/p-1/t15?,16-;;;;;;;;/m0......../s1. The molecule has 0 saturated carbocycles. The zero-order chi connectivity index (χ0) is 46.2. The summed E-state index contributed by atoms with van der Waals surface area (Å²) in [5, 5.41) is 47.3. The molecule has 9 rings (SSSR count). The molecule has 0 spiro atoms. The average Bonchev–Trinajstić information content (AvgIpc) is 3.23. The van der Waals surface area contributed by atoms with E-state index < -0.39 is 12.2 Å². The van der Waals surface area contributed by atoms with Crippen LogP contribution in [0.25, 0.3) is 0 Å². The number of rotatable bonds is 4. The summed E-state index contributed by atoms with van der Waals surface area (Å²) in [5.41, 5.74) is 11.6. The molecule has 3 heterocycles. The summed E-state index contributed by atoms with van der Waals surface area (Å²) < 4.78 is 17.9. The van der Waals surface area contributed by atoms with Crippen LogP contribution in [0.15, 0.2) is 109 Å². The summed E-state index contributed by atoms with van der Waals surface area (Å²) in [7, 11) is 0. The predicted molar refractivity (Wildman–Crippen MR) is 249 cm³/mol. The van der Waals surface area contributed by atoms with E-state index in [1.807, 2.05) is 51.1 Å². The van der Waals surface area contributed by atoms with Crippen LogP contribution < -0.4 is 100 Å². The van der Waals surface area contributed by atoms with Crippen LogP contribution in [0.2, 0.25) is 0 Å². The number of carbonyl (C=O) groups excluding carboxylic acids is 3. The molecule has 3 unspecified atom stereocenters. The summed E-state index contributed by atoms with van der Waals surface area (Å²) in [6, 6.07) is 33.4. The van der Waals surface area contributed by atoms with Crippen molar-refractivity contribution in [2.45, 2.75) is 85.2 Å². The van der Waals surface area contributed by atoms with E-state index in [0.717, 1.165) is 67.6 Å². The van der Waals surface area contributed by atoms with Crippen LogP contribution >= 0.6 is 0 Å². The summed E-state index contributed by atoms with van der Waals surface area (Å²) in [6.45, 7) is 12.0. The summed E-state index contributed by atoms with van der Waals surface area (Å²) in [4.78, 5) is 35.7. The van der Waals surface area contributed by atoms with Crippen molar-refractivity contribution in [1.29, 1.82) is 0 Å². The molecule has 0 aliphatic carbocycles. The third-order valence-corrected chi connectivity index (χ3v) is 11.1. The molecule has 12 nitrogen and oxygen atoms in total. The number of fused-ring (bicyclic) bond motifs is 3. The van der Waals surface area contributed by atoms with Gasteiger partial charge in [0.1, 0.15) is 58.4 Å². The zero-order valence-electron chi connectivity index (χ0n) is 41.0. The molecule has 4 radical (unpaired) electrons. The fourth-order valence-electron chi connectivity index (χ4n) is 8.08. The maximum atomic E-state index is 12.4. The number of benzene rings is 6. The van der Waals surface area contributed by atoms with Gasteiger partial charge in [0.2, 0.25) is 0 Å². The van der Waals surface area contributed by atoms with Crippen molar-refractivity contribution in [3.63, 3.8) is 0 Å². The number of hydrogen-bond donors (Lipinski definition) is 4. The van der Waals surface area contributed by atoms with Crippen LogP contribution in [0.5, 0.6) is 34.5 Å². The molecule has 4 N–H and O–H groups in total. The molecule has 0 fully saturated rings. The molecular weight excluding hydrogens is 929 g/mol. The van der Waals surface area contributed by atoms with Gasteiger partial charge in [0.25, 0.3) is 6.47 Å². The SMILES string of the molecule is Cc1ccc(C2CC(=O)c3c(C)cc(C)cc3O2)cc1.Cc1ccc([C@@H]2CC(O)c3c(C)cc(C)cc3O2)cc1.O=C1CC(c2ccc(O)cc2)Oc2cc(O)cc(O)c21.O=CO[O-].[B].[H-].[K+].[K].[Na+]. The van der Waals surface area contributed by atoms with E-state index in [4.69, 9.17) is 24.3 Å². The van der Waals surface area contributed by atoms with Crippen LogP contribution in [0, 0.1) is 41.5 Å². The quantitative estimate of drug-likeness (QED) is 0.0877. The van der Waals surface area contributed by atoms with Gasteiger partial charge in [-0.15, -0.1) is 0 Å². The topological polar surface area (TPSA) is 192 Å². The first-order valence-electron chi connectivity index (χ1n) is 20.7. The second kappa shape index (κ2) is 28.3. The minimum atomic E-state index is -0.503. The van der Waals surface area contributed by atoms with E-state index >= 15 is 0 Å². The van der Waals surface area contributed by atoms with Gasteiger partial charge in [-0.1, -0.05) is 83.9 Å². The molecule has 6 aromatic carbocycles. The molecule has 338 valence electrons. The van der Waals surface area contributed by atoms with Gasteiger partial charge < -0.3 is 46.2 Å². The Balaban J connectivity index is 0.000000481. The van der Waals surface area contributed by atoms with Crippen molar-refractivity contribution < 1.29 is 142 Å². The number of aliphatic hydroxyl groups excluding tert-OH is 1. The van der Waals surface area contributed by atoms with Gasteiger partial charge in [-0.05, 0) is 105 Å². The van der Waals surface area contributed by atoms with Crippen molar-refractivity contribution in [1.82, 2.24) is 0 Å². The molecular formula is C52H52BK2NaO12. The number of aryl methyl sites for hydroxylation is 6. The van der Waals surface area contributed by atoms with Crippen molar-refractivity contribution in [2.75, 3.05) is 0 Å². The molecule has 3 aliphatic heterocycles. The smallest absolute Gasteiger partial charge is 1.00 e. The molecule has 0 bridgehead atoms.